The van der Waals surface area contributed by atoms with Crippen molar-refractivity contribution in [2.45, 2.75) is 24.7 Å². The molecule has 0 amide bonds. The molecule has 0 fully saturated rings. The summed E-state index contributed by atoms with van der Waals surface area (Å²) in [6, 6.07) is 11.5. The number of aromatic nitrogens is 1. The first-order valence-electron chi connectivity index (χ1n) is 9.87. The molecular formula is C24H24N2O4. The summed E-state index contributed by atoms with van der Waals surface area (Å²) in [6.45, 7) is 4.09. The highest BCUT2D eigenvalue weighted by atomic mass is 16.5. The van der Waals surface area contributed by atoms with Gasteiger partial charge in [-0.1, -0.05) is 18.7 Å². The van der Waals surface area contributed by atoms with Crippen LogP contribution in [0.1, 0.15) is 35.8 Å². The number of carbonyl (C=O) groups excluding carboxylic acids is 2. The number of benzene rings is 1. The van der Waals surface area contributed by atoms with Crippen molar-refractivity contribution in [1.82, 2.24) is 10.3 Å². The number of esters is 1. The number of Topliss-reactive ketones (excluding diaryl/α,β-unsaturated/α-hetero) is 1. The second-order valence-corrected chi connectivity index (χ2v) is 7.60. The van der Waals surface area contributed by atoms with Crippen molar-refractivity contribution in [1.29, 1.82) is 0 Å². The highest BCUT2D eigenvalue weighted by Gasteiger charge is 2.45. The van der Waals surface area contributed by atoms with Crippen molar-refractivity contribution in [3.8, 4) is 5.75 Å². The van der Waals surface area contributed by atoms with Crippen LogP contribution in [-0.2, 0) is 14.3 Å². The lowest BCUT2D eigenvalue weighted by atomic mass is 9.69. The van der Waals surface area contributed by atoms with Gasteiger partial charge < -0.3 is 14.8 Å². The molecule has 0 spiro atoms. The number of ketones is 1. The van der Waals surface area contributed by atoms with E-state index in [0.29, 0.717) is 24.1 Å². The lowest BCUT2D eigenvalue weighted by Gasteiger charge is -2.39. The minimum atomic E-state index is -0.669. The fraction of sp³-hybridized carbons (Fsp3) is 0.292. The van der Waals surface area contributed by atoms with Crippen LogP contribution in [-0.4, -0.2) is 31.0 Å². The average Bonchev–Trinajstić information content (AvgIpc) is 2.78. The Morgan fingerprint density at radius 2 is 1.77 bits per heavy atom. The van der Waals surface area contributed by atoms with Crippen LogP contribution in [0.5, 0.6) is 5.75 Å². The number of carbonyl (C=O) groups is 2. The van der Waals surface area contributed by atoms with E-state index in [1.807, 2.05) is 36.4 Å². The lowest BCUT2D eigenvalue weighted by Crippen LogP contribution is -2.42. The summed E-state index contributed by atoms with van der Waals surface area (Å²) in [6.07, 6.45) is 4.39. The molecule has 154 valence electrons. The molecule has 30 heavy (non-hydrogen) atoms. The van der Waals surface area contributed by atoms with Crippen LogP contribution < -0.4 is 10.1 Å². The van der Waals surface area contributed by atoms with E-state index in [9.17, 15) is 9.59 Å². The SMILES string of the molecule is C=C1NC2=C(C(=O)CC(c3ccc(OC)cc3)C2)C(c2ccncc2)C1C(=O)OC. The average molecular weight is 404 g/mol. The predicted octanol–water partition coefficient (Wildman–Crippen LogP) is 3.48. The highest BCUT2D eigenvalue weighted by Crippen LogP contribution is 2.47. The zero-order valence-corrected chi connectivity index (χ0v) is 17.1. The van der Waals surface area contributed by atoms with Gasteiger partial charge in [-0.2, -0.15) is 0 Å². The van der Waals surface area contributed by atoms with E-state index < -0.39 is 17.8 Å². The second-order valence-electron chi connectivity index (χ2n) is 7.60. The molecular weight excluding hydrogens is 380 g/mol. The number of hydrogen-bond donors (Lipinski definition) is 1. The minimum absolute atomic E-state index is 0.0350. The van der Waals surface area contributed by atoms with Crippen LogP contribution in [0.2, 0.25) is 0 Å². The molecule has 2 heterocycles. The molecule has 0 bridgehead atoms. The van der Waals surface area contributed by atoms with Gasteiger partial charge in [-0.15, -0.1) is 0 Å². The predicted molar refractivity (Wildman–Crippen MR) is 112 cm³/mol. The zero-order valence-electron chi connectivity index (χ0n) is 17.1. The van der Waals surface area contributed by atoms with E-state index in [1.54, 1.807) is 19.5 Å². The molecule has 0 saturated heterocycles. The van der Waals surface area contributed by atoms with Crippen LogP contribution in [0.25, 0.3) is 0 Å². The van der Waals surface area contributed by atoms with Gasteiger partial charge in [0.15, 0.2) is 5.78 Å². The van der Waals surface area contributed by atoms with Crippen LogP contribution in [0.4, 0.5) is 0 Å². The summed E-state index contributed by atoms with van der Waals surface area (Å²) in [5.41, 5.74) is 3.96. The fourth-order valence-corrected chi connectivity index (χ4v) is 4.50. The normalized spacial score (nSPS) is 23.5. The number of methoxy groups -OCH3 is 2. The largest absolute Gasteiger partial charge is 0.497 e. The van der Waals surface area contributed by atoms with Crippen molar-refractivity contribution in [3.05, 3.63) is 83.5 Å². The monoisotopic (exact) mass is 404 g/mol. The number of nitrogens with one attached hydrogen (secondary N) is 1. The minimum Gasteiger partial charge on any atom is -0.497 e. The molecule has 1 N–H and O–H groups in total. The molecule has 1 aromatic heterocycles. The first kappa shape index (κ1) is 19.9. The summed E-state index contributed by atoms with van der Waals surface area (Å²) in [5, 5.41) is 3.26. The van der Waals surface area contributed by atoms with Gasteiger partial charge in [0, 0.05) is 41.7 Å². The van der Waals surface area contributed by atoms with Crippen LogP contribution in [0.15, 0.2) is 72.3 Å². The van der Waals surface area contributed by atoms with Gasteiger partial charge in [0.25, 0.3) is 0 Å². The number of nitrogens with zero attached hydrogens (tertiary/aromatic N) is 1. The van der Waals surface area contributed by atoms with Crippen molar-refractivity contribution < 1.29 is 19.1 Å². The summed E-state index contributed by atoms with van der Waals surface area (Å²) in [7, 11) is 2.98. The van der Waals surface area contributed by atoms with Crippen LogP contribution in [0.3, 0.4) is 0 Å². The summed E-state index contributed by atoms with van der Waals surface area (Å²) < 4.78 is 10.3. The molecule has 6 nitrogen and oxygen atoms in total. The van der Waals surface area contributed by atoms with Gasteiger partial charge in [-0.25, -0.2) is 0 Å². The summed E-state index contributed by atoms with van der Waals surface area (Å²) in [5.74, 6) is -0.649. The van der Waals surface area contributed by atoms with Crippen molar-refractivity contribution in [3.63, 3.8) is 0 Å². The van der Waals surface area contributed by atoms with E-state index in [4.69, 9.17) is 9.47 Å². The van der Waals surface area contributed by atoms with Gasteiger partial charge in [0.1, 0.15) is 11.7 Å². The standard InChI is InChI=1S/C24H24N2O4/c1-14-21(24(28)30-3)22(16-8-10-25-11-9-16)23-19(26-14)12-17(13-20(23)27)15-4-6-18(29-2)7-5-15/h4-11,17,21-22,26H,1,12-13H2,2-3H3. The Morgan fingerprint density at radius 3 is 2.40 bits per heavy atom. The van der Waals surface area contributed by atoms with Crippen LogP contribution >= 0.6 is 0 Å². The molecule has 0 radical (unpaired) electrons. The molecule has 2 aliphatic rings. The molecule has 4 rings (SSSR count). The number of pyridine rings is 1. The molecule has 2 aromatic rings. The van der Waals surface area contributed by atoms with Crippen molar-refractivity contribution in [2.75, 3.05) is 14.2 Å². The maximum atomic E-state index is 13.4. The number of ether oxygens (including phenoxy) is 2. The number of allylic oxidation sites excluding steroid dienone is 2. The Hall–Kier alpha value is -3.41. The van der Waals surface area contributed by atoms with Crippen molar-refractivity contribution in [2.24, 2.45) is 5.92 Å². The second kappa shape index (κ2) is 8.14. The Bertz CT molecular complexity index is 1010. The maximum Gasteiger partial charge on any atom is 0.315 e. The van der Waals surface area contributed by atoms with E-state index in [1.165, 1.54) is 7.11 Å². The summed E-state index contributed by atoms with van der Waals surface area (Å²) >= 11 is 0. The molecule has 1 aliphatic heterocycles. The Labute approximate surface area is 175 Å². The summed E-state index contributed by atoms with van der Waals surface area (Å²) in [4.78, 5) is 30.0. The Balaban J connectivity index is 1.75. The number of rotatable bonds is 4. The molecule has 3 atom stereocenters. The van der Waals surface area contributed by atoms with E-state index >= 15 is 0 Å². The highest BCUT2D eigenvalue weighted by molar-refractivity contribution is 6.01. The topological polar surface area (TPSA) is 77.5 Å². The van der Waals surface area contributed by atoms with Gasteiger partial charge in [-0.05, 0) is 47.7 Å². The van der Waals surface area contributed by atoms with Crippen LogP contribution in [0, 0.1) is 5.92 Å². The molecule has 3 unspecified atom stereocenters. The quantitative estimate of drug-likeness (QED) is 0.786. The van der Waals surface area contributed by atoms with E-state index in [0.717, 1.165) is 22.6 Å². The lowest BCUT2D eigenvalue weighted by molar-refractivity contribution is -0.144. The van der Waals surface area contributed by atoms with Gasteiger partial charge in [0.2, 0.25) is 0 Å². The molecule has 0 saturated carbocycles. The van der Waals surface area contributed by atoms with E-state index in [-0.39, 0.29) is 11.7 Å². The van der Waals surface area contributed by atoms with Gasteiger partial charge in [-0.3, -0.25) is 14.6 Å². The molecule has 6 heteroatoms. The first-order valence-corrected chi connectivity index (χ1v) is 9.87. The first-order chi connectivity index (χ1) is 14.5. The third-order valence-electron chi connectivity index (χ3n) is 5.95. The Kier molecular flexibility index (Phi) is 5.40. The maximum absolute atomic E-state index is 13.4. The molecule has 1 aliphatic carbocycles. The third-order valence-corrected chi connectivity index (χ3v) is 5.95. The zero-order chi connectivity index (χ0) is 21.3. The van der Waals surface area contributed by atoms with Crippen molar-refractivity contribution >= 4 is 11.8 Å². The van der Waals surface area contributed by atoms with Gasteiger partial charge in [0.05, 0.1) is 14.2 Å². The third kappa shape index (κ3) is 3.49. The fourth-order valence-electron chi connectivity index (χ4n) is 4.50. The Morgan fingerprint density at radius 1 is 1.07 bits per heavy atom. The molecule has 1 aromatic carbocycles. The number of hydrogen-bond acceptors (Lipinski definition) is 6. The van der Waals surface area contributed by atoms with E-state index in [2.05, 4.69) is 16.9 Å². The van der Waals surface area contributed by atoms with Gasteiger partial charge >= 0.3 is 5.97 Å². The smallest absolute Gasteiger partial charge is 0.315 e.